The molecule has 0 aromatic rings. The van der Waals surface area contributed by atoms with E-state index in [4.69, 9.17) is 5.21 Å². The lowest BCUT2D eigenvalue weighted by Crippen LogP contribution is -2.07. The molecule has 18 heavy (non-hydrogen) atoms. The fourth-order valence-electron chi connectivity index (χ4n) is 1.83. The summed E-state index contributed by atoms with van der Waals surface area (Å²) < 4.78 is 0. The van der Waals surface area contributed by atoms with E-state index in [0.29, 0.717) is 18.6 Å². The molecule has 0 aromatic heterocycles. The summed E-state index contributed by atoms with van der Waals surface area (Å²) >= 11 is 3.53. The number of halogens is 1. The molecule has 0 aromatic carbocycles. The van der Waals surface area contributed by atoms with E-state index in [2.05, 4.69) is 28.0 Å². The normalized spacial score (nSPS) is 13.6. The van der Waals surface area contributed by atoms with Crippen LogP contribution in [-0.4, -0.2) is 21.5 Å². The third-order valence-corrected chi connectivity index (χ3v) is 3.82. The van der Waals surface area contributed by atoms with Crippen LogP contribution in [0.4, 0.5) is 0 Å². The Balaban J connectivity index is 3.70. The topological polar surface area (TPSA) is 49.7 Å². The third kappa shape index (κ3) is 9.63. The summed E-state index contributed by atoms with van der Waals surface area (Å²) in [7, 11) is 0. The molecule has 0 amide bonds. The number of ketones is 1. The van der Waals surface area contributed by atoms with E-state index in [1.807, 2.05) is 6.92 Å². The summed E-state index contributed by atoms with van der Waals surface area (Å²) in [5, 5.41) is 12.3. The van der Waals surface area contributed by atoms with Crippen molar-refractivity contribution >= 4 is 27.4 Å². The minimum Gasteiger partial charge on any atom is -0.411 e. The molecule has 0 fully saturated rings. The third-order valence-electron chi connectivity index (χ3n) is 3.04. The van der Waals surface area contributed by atoms with Crippen LogP contribution in [0.5, 0.6) is 0 Å². The number of unbranched alkanes of at least 4 members (excludes halogenated alkanes) is 2. The van der Waals surface area contributed by atoms with E-state index < -0.39 is 0 Å². The van der Waals surface area contributed by atoms with Gasteiger partial charge in [-0.25, -0.2) is 0 Å². The molecular weight excluding hydrogens is 294 g/mol. The van der Waals surface area contributed by atoms with Crippen LogP contribution < -0.4 is 0 Å². The van der Waals surface area contributed by atoms with Crippen LogP contribution in [0.15, 0.2) is 5.16 Å². The molecule has 0 bridgehead atoms. The fourth-order valence-corrected chi connectivity index (χ4v) is 2.51. The van der Waals surface area contributed by atoms with Crippen LogP contribution in [0.1, 0.15) is 71.6 Å². The predicted molar refractivity (Wildman–Crippen MR) is 79.8 cm³/mol. The van der Waals surface area contributed by atoms with Crippen molar-refractivity contribution in [2.75, 3.05) is 0 Å². The van der Waals surface area contributed by atoms with Gasteiger partial charge in [0.05, 0.1) is 5.71 Å². The number of carbonyl (C=O) groups excluding carboxylic acids is 1. The Hall–Kier alpha value is -0.380. The molecule has 1 atom stereocenters. The number of carbonyl (C=O) groups is 1. The van der Waals surface area contributed by atoms with Gasteiger partial charge < -0.3 is 5.21 Å². The monoisotopic (exact) mass is 319 g/mol. The highest BCUT2D eigenvalue weighted by Crippen LogP contribution is 2.16. The van der Waals surface area contributed by atoms with E-state index in [1.54, 1.807) is 0 Å². The number of oxime groups is 1. The Kier molecular flexibility index (Phi) is 11.4. The van der Waals surface area contributed by atoms with Gasteiger partial charge >= 0.3 is 0 Å². The molecule has 0 spiro atoms. The molecule has 0 aliphatic carbocycles. The molecule has 0 aliphatic rings. The molecule has 0 rings (SSSR count). The van der Waals surface area contributed by atoms with Crippen LogP contribution >= 0.6 is 15.9 Å². The van der Waals surface area contributed by atoms with Crippen molar-refractivity contribution in [3.63, 3.8) is 0 Å². The second kappa shape index (κ2) is 11.7. The average Bonchev–Trinajstić information content (AvgIpc) is 2.36. The fraction of sp³-hybridized carbons (Fsp3) is 0.857. The van der Waals surface area contributed by atoms with Crippen molar-refractivity contribution in [3.05, 3.63) is 0 Å². The highest BCUT2D eigenvalue weighted by atomic mass is 79.9. The summed E-state index contributed by atoms with van der Waals surface area (Å²) in [6, 6.07) is 0. The lowest BCUT2D eigenvalue weighted by Gasteiger charge is -2.08. The van der Waals surface area contributed by atoms with Crippen molar-refractivity contribution in [1.82, 2.24) is 0 Å². The zero-order chi connectivity index (χ0) is 13.8. The maximum absolute atomic E-state index is 11.3. The Morgan fingerprint density at radius 1 is 1.22 bits per heavy atom. The van der Waals surface area contributed by atoms with Gasteiger partial charge in [0.2, 0.25) is 0 Å². The van der Waals surface area contributed by atoms with Gasteiger partial charge in [-0.1, -0.05) is 47.8 Å². The minimum absolute atomic E-state index is 0.264. The maximum Gasteiger partial charge on any atom is 0.133 e. The van der Waals surface area contributed by atoms with Crippen molar-refractivity contribution in [1.29, 1.82) is 0 Å². The van der Waals surface area contributed by atoms with Gasteiger partial charge in [-0.05, 0) is 32.1 Å². The molecule has 0 radical (unpaired) electrons. The SMILES string of the molecule is CCCCCC(CCCC(Br)CC(=O)CC)=NO. The first kappa shape index (κ1) is 17.6. The van der Waals surface area contributed by atoms with Gasteiger partial charge in [0.15, 0.2) is 0 Å². The van der Waals surface area contributed by atoms with E-state index in [0.717, 1.165) is 37.8 Å². The largest absolute Gasteiger partial charge is 0.411 e. The van der Waals surface area contributed by atoms with Gasteiger partial charge in [-0.2, -0.15) is 0 Å². The zero-order valence-electron chi connectivity index (χ0n) is 11.6. The molecule has 1 unspecified atom stereocenters. The molecule has 3 nitrogen and oxygen atoms in total. The quantitative estimate of drug-likeness (QED) is 0.197. The number of Topliss-reactive ketones (excluding diaryl/α,β-unsaturated/α-hetero) is 1. The number of rotatable bonds is 11. The molecule has 1 N–H and O–H groups in total. The van der Waals surface area contributed by atoms with Crippen molar-refractivity contribution in [2.24, 2.45) is 5.16 Å². The van der Waals surface area contributed by atoms with Gasteiger partial charge in [0, 0.05) is 17.7 Å². The molecular formula is C14H26BrNO2. The Labute approximate surface area is 119 Å². The Morgan fingerprint density at radius 3 is 2.44 bits per heavy atom. The van der Waals surface area contributed by atoms with E-state index >= 15 is 0 Å². The summed E-state index contributed by atoms with van der Waals surface area (Å²) in [5.74, 6) is 0.302. The zero-order valence-corrected chi connectivity index (χ0v) is 13.2. The average molecular weight is 320 g/mol. The first-order valence-corrected chi connectivity index (χ1v) is 7.91. The highest BCUT2D eigenvalue weighted by Gasteiger charge is 2.09. The molecule has 4 heteroatoms. The molecule has 0 heterocycles. The van der Waals surface area contributed by atoms with Crippen molar-refractivity contribution in [2.45, 2.75) is 76.5 Å². The Morgan fingerprint density at radius 2 is 1.89 bits per heavy atom. The van der Waals surface area contributed by atoms with Crippen LogP contribution in [-0.2, 0) is 4.79 Å². The summed E-state index contributed by atoms with van der Waals surface area (Å²) in [4.78, 5) is 11.5. The minimum atomic E-state index is 0.264. The summed E-state index contributed by atoms with van der Waals surface area (Å²) in [6.45, 7) is 4.06. The van der Waals surface area contributed by atoms with Crippen LogP contribution in [0.2, 0.25) is 0 Å². The lowest BCUT2D eigenvalue weighted by atomic mass is 10.0. The lowest BCUT2D eigenvalue weighted by molar-refractivity contribution is -0.118. The van der Waals surface area contributed by atoms with Gasteiger partial charge in [-0.15, -0.1) is 0 Å². The second-order valence-corrected chi connectivity index (χ2v) is 6.00. The summed E-state index contributed by atoms with van der Waals surface area (Å²) in [5.41, 5.74) is 0.893. The van der Waals surface area contributed by atoms with Crippen molar-refractivity contribution < 1.29 is 10.0 Å². The predicted octanol–water partition coefficient (Wildman–Crippen LogP) is 4.70. The van der Waals surface area contributed by atoms with Crippen LogP contribution in [0.3, 0.4) is 0 Å². The number of alkyl halides is 1. The van der Waals surface area contributed by atoms with Gasteiger partial charge in [0.1, 0.15) is 5.78 Å². The standard InChI is InChI=1S/C14H26BrNO2/c1-3-5-6-9-13(16-18)10-7-8-12(15)11-14(17)4-2/h12,18H,3-11H2,1-2H3. The number of hydrogen-bond donors (Lipinski definition) is 1. The van der Waals surface area contributed by atoms with Crippen LogP contribution in [0.25, 0.3) is 0 Å². The van der Waals surface area contributed by atoms with E-state index in [-0.39, 0.29) is 4.83 Å². The number of hydrogen-bond acceptors (Lipinski definition) is 3. The molecule has 0 aliphatic heterocycles. The van der Waals surface area contributed by atoms with Gasteiger partial charge in [0.25, 0.3) is 0 Å². The van der Waals surface area contributed by atoms with E-state index in [1.165, 1.54) is 12.8 Å². The maximum atomic E-state index is 11.3. The van der Waals surface area contributed by atoms with Crippen LogP contribution in [0, 0.1) is 0 Å². The first-order valence-electron chi connectivity index (χ1n) is 6.99. The Bertz CT molecular complexity index is 254. The molecule has 0 saturated heterocycles. The van der Waals surface area contributed by atoms with E-state index in [9.17, 15) is 4.79 Å². The van der Waals surface area contributed by atoms with Crippen molar-refractivity contribution in [3.8, 4) is 0 Å². The summed E-state index contributed by atoms with van der Waals surface area (Å²) in [6.07, 6.45) is 8.35. The highest BCUT2D eigenvalue weighted by molar-refractivity contribution is 9.09. The smallest absolute Gasteiger partial charge is 0.133 e. The van der Waals surface area contributed by atoms with Gasteiger partial charge in [-0.3, -0.25) is 4.79 Å². The number of nitrogens with zero attached hydrogens (tertiary/aromatic N) is 1. The second-order valence-electron chi connectivity index (χ2n) is 4.71. The molecule has 106 valence electrons. The molecule has 0 saturated carbocycles. The first-order chi connectivity index (χ1) is 8.63.